The highest BCUT2D eigenvalue weighted by atomic mass is 16.5. The fourth-order valence-corrected chi connectivity index (χ4v) is 2.73. The van der Waals surface area contributed by atoms with Gasteiger partial charge in [-0.1, -0.05) is 24.3 Å². The molecule has 0 bridgehead atoms. The van der Waals surface area contributed by atoms with E-state index < -0.39 is 5.97 Å². The Morgan fingerprint density at radius 2 is 1.63 bits per heavy atom. The first-order valence-electron chi connectivity index (χ1n) is 8.63. The number of nitrogens with zero attached hydrogens (tertiary/aromatic N) is 1. The standard InChI is InChI=1S/C21H19NO5/c1-2-26-19(23)12-9-15-7-10-16(11-8-15)27-14-13-22-20(24)17-5-3-4-6-18(17)21(22)25/h3-12H,2,13-14H2,1H3. The Labute approximate surface area is 157 Å². The van der Waals surface area contributed by atoms with E-state index in [0.717, 1.165) is 5.56 Å². The van der Waals surface area contributed by atoms with Crippen molar-refractivity contribution < 1.29 is 23.9 Å². The van der Waals surface area contributed by atoms with Gasteiger partial charge in [-0.25, -0.2) is 4.79 Å². The molecule has 6 nitrogen and oxygen atoms in total. The molecule has 0 fully saturated rings. The average Bonchev–Trinajstić information content (AvgIpc) is 2.93. The van der Waals surface area contributed by atoms with Crippen LogP contribution in [0.3, 0.4) is 0 Å². The molecule has 27 heavy (non-hydrogen) atoms. The van der Waals surface area contributed by atoms with Gasteiger partial charge in [-0.05, 0) is 42.8 Å². The van der Waals surface area contributed by atoms with E-state index in [-0.39, 0.29) is 25.0 Å². The molecule has 0 spiro atoms. The summed E-state index contributed by atoms with van der Waals surface area (Å²) in [5.41, 5.74) is 1.69. The third kappa shape index (κ3) is 4.23. The molecule has 0 atom stereocenters. The van der Waals surface area contributed by atoms with Crippen LogP contribution in [0.1, 0.15) is 33.2 Å². The minimum Gasteiger partial charge on any atom is -0.492 e. The molecule has 2 amide bonds. The molecule has 1 heterocycles. The molecule has 0 radical (unpaired) electrons. The van der Waals surface area contributed by atoms with E-state index in [1.54, 1.807) is 61.5 Å². The van der Waals surface area contributed by atoms with Gasteiger partial charge in [0.15, 0.2) is 0 Å². The summed E-state index contributed by atoms with van der Waals surface area (Å²) in [5, 5.41) is 0. The summed E-state index contributed by atoms with van der Waals surface area (Å²) in [6.45, 7) is 2.46. The maximum Gasteiger partial charge on any atom is 0.330 e. The second-order valence-electron chi connectivity index (χ2n) is 5.81. The van der Waals surface area contributed by atoms with Gasteiger partial charge in [-0.2, -0.15) is 0 Å². The molecule has 2 aromatic rings. The number of esters is 1. The minimum atomic E-state index is -0.390. The predicted octanol–water partition coefficient (Wildman–Crippen LogP) is 2.94. The molecule has 0 aromatic heterocycles. The predicted molar refractivity (Wildman–Crippen MR) is 99.4 cm³/mol. The number of carbonyl (C=O) groups excluding carboxylic acids is 3. The fraction of sp³-hybridized carbons (Fsp3) is 0.190. The fourth-order valence-electron chi connectivity index (χ4n) is 2.73. The van der Waals surface area contributed by atoms with Gasteiger partial charge in [0.2, 0.25) is 0 Å². The monoisotopic (exact) mass is 365 g/mol. The van der Waals surface area contributed by atoms with Gasteiger partial charge in [0.25, 0.3) is 11.8 Å². The lowest BCUT2D eigenvalue weighted by atomic mass is 10.1. The van der Waals surface area contributed by atoms with Crippen molar-refractivity contribution in [3.63, 3.8) is 0 Å². The summed E-state index contributed by atoms with van der Waals surface area (Å²) in [6.07, 6.45) is 3.02. The molecular weight excluding hydrogens is 346 g/mol. The van der Waals surface area contributed by atoms with Crippen LogP contribution in [0.15, 0.2) is 54.6 Å². The number of ether oxygens (including phenoxy) is 2. The zero-order valence-electron chi connectivity index (χ0n) is 14.9. The molecule has 1 aliphatic heterocycles. The lowest BCUT2D eigenvalue weighted by molar-refractivity contribution is -0.137. The Kier molecular flexibility index (Phi) is 5.66. The summed E-state index contributed by atoms with van der Waals surface area (Å²) >= 11 is 0. The topological polar surface area (TPSA) is 72.9 Å². The number of rotatable bonds is 7. The summed E-state index contributed by atoms with van der Waals surface area (Å²) in [6, 6.07) is 13.9. The van der Waals surface area contributed by atoms with Crippen molar-refractivity contribution in [2.45, 2.75) is 6.92 Å². The van der Waals surface area contributed by atoms with Crippen LogP contribution in [0, 0.1) is 0 Å². The van der Waals surface area contributed by atoms with Crippen LogP contribution in [0.2, 0.25) is 0 Å². The van der Waals surface area contributed by atoms with Crippen molar-refractivity contribution in [1.29, 1.82) is 0 Å². The molecule has 6 heteroatoms. The summed E-state index contributed by atoms with van der Waals surface area (Å²) in [5.74, 6) is -0.365. The summed E-state index contributed by atoms with van der Waals surface area (Å²) in [7, 11) is 0. The maximum absolute atomic E-state index is 12.3. The van der Waals surface area contributed by atoms with Crippen molar-refractivity contribution in [1.82, 2.24) is 4.90 Å². The third-order valence-electron chi connectivity index (χ3n) is 4.04. The highest BCUT2D eigenvalue weighted by Crippen LogP contribution is 2.22. The van der Waals surface area contributed by atoms with Crippen molar-refractivity contribution in [3.8, 4) is 5.75 Å². The zero-order chi connectivity index (χ0) is 19.2. The second-order valence-corrected chi connectivity index (χ2v) is 5.81. The number of imide groups is 1. The van der Waals surface area contributed by atoms with E-state index in [1.165, 1.54) is 11.0 Å². The quantitative estimate of drug-likeness (QED) is 0.428. The maximum atomic E-state index is 12.3. The SMILES string of the molecule is CCOC(=O)C=Cc1ccc(OCCN2C(=O)c3ccccc3C2=O)cc1. The largest absolute Gasteiger partial charge is 0.492 e. The van der Waals surface area contributed by atoms with Crippen LogP contribution in [-0.4, -0.2) is 42.4 Å². The number of carbonyl (C=O) groups is 3. The normalized spacial score (nSPS) is 13.1. The first kappa shape index (κ1) is 18.4. The smallest absolute Gasteiger partial charge is 0.330 e. The molecule has 1 aliphatic rings. The van der Waals surface area contributed by atoms with Crippen LogP contribution < -0.4 is 4.74 Å². The summed E-state index contributed by atoms with van der Waals surface area (Å²) < 4.78 is 10.4. The molecule has 0 aliphatic carbocycles. The van der Waals surface area contributed by atoms with Crippen molar-refractivity contribution in [3.05, 3.63) is 71.3 Å². The number of fused-ring (bicyclic) bond motifs is 1. The van der Waals surface area contributed by atoms with Gasteiger partial charge in [-0.15, -0.1) is 0 Å². The van der Waals surface area contributed by atoms with E-state index in [0.29, 0.717) is 23.5 Å². The highest BCUT2D eigenvalue weighted by molar-refractivity contribution is 6.21. The van der Waals surface area contributed by atoms with Crippen molar-refractivity contribution in [2.75, 3.05) is 19.8 Å². The first-order valence-corrected chi connectivity index (χ1v) is 8.63. The summed E-state index contributed by atoms with van der Waals surface area (Å²) in [4.78, 5) is 37.0. The van der Waals surface area contributed by atoms with E-state index >= 15 is 0 Å². The zero-order valence-corrected chi connectivity index (χ0v) is 14.9. The average molecular weight is 365 g/mol. The van der Waals surface area contributed by atoms with Gasteiger partial charge < -0.3 is 9.47 Å². The molecule has 3 rings (SSSR count). The Morgan fingerprint density at radius 3 is 2.22 bits per heavy atom. The Balaban J connectivity index is 1.52. The van der Waals surface area contributed by atoms with Gasteiger partial charge in [-0.3, -0.25) is 14.5 Å². The number of benzene rings is 2. The first-order chi connectivity index (χ1) is 13.1. The van der Waals surface area contributed by atoms with Gasteiger partial charge in [0.05, 0.1) is 24.3 Å². The number of hydrogen-bond acceptors (Lipinski definition) is 5. The van der Waals surface area contributed by atoms with Crippen molar-refractivity contribution >= 4 is 23.9 Å². The molecular formula is C21H19NO5. The van der Waals surface area contributed by atoms with E-state index in [2.05, 4.69) is 0 Å². The van der Waals surface area contributed by atoms with E-state index in [9.17, 15) is 14.4 Å². The third-order valence-corrected chi connectivity index (χ3v) is 4.04. The molecule has 138 valence electrons. The highest BCUT2D eigenvalue weighted by Gasteiger charge is 2.34. The Bertz CT molecular complexity index is 851. The Morgan fingerprint density at radius 1 is 1.00 bits per heavy atom. The minimum absolute atomic E-state index is 0.177. The Hall–Kier alpha value is -3.41. The lowest BCUT2D eigenvalue weighted by Gasteiger charge is -2.14. The van der Waals surface area contributed by atoms with Gasteiger partial charge in [0.1, 0.15) is 12.4 Å². The van der Waals surface area contributed by atoms with Gasteiger partial charge >= 0.3 is 5.97 Å². The number of hydrogen-bond donors (Lipinski definition) is 0. The second kappa shape index (κ2) is 8.31. The molecule has 0 saturated heterocycles. The molecule has 0 saturated carbocycles. The van der Waals surface area contributed by atoms with Crippen LogP contribution in [0.4, 0.5) is 0 Å². The van der Waals surface area contributed by atoms with Crippen LogP contribution >= 0.6 is 0 Å². The van der Waals surface area contributed by atoms with Crippen LogP contribution in [0.5, 0.6) is 5.75 Å². The van der Waals surface area contributed by atoms with Crippen molar-refractivity contribution in [2.24, 2.45) is 0 Å². The molecule has 2 aromatic carbocycles. The molecule has 0 N–H and O–H groups in total. The molecule has 0 unspecified atom stereocenters. The van der Waals surface area contributed by atoms with Gasteiger partial charge in [0, 0.05) is 6.08 Å². The van der Waals surface area contributed by atoms with E-state index in [4.69, 9.17) is 9.47 Å². The number of amides is 2. The van der Waals surface area contributed by atoms with Crippen LogP contribution in [-0.2, 0) is 9.53 Å². The van der Waals surface area contributed by atoms with E-state index in [1.807, 2.05) is 0 Å². The van der Waals surface area contributed by atoms with Crippen LogP contribution in [0.25, 0.3) is 6.08 Å². The lowest BCUT2D eigenvalue weighted by Crippen LogP contribution is -2.33.